The minimum absolute atomic E-state index is 0.137. The summed E-state index contributed by atoms with van der Waals surface area (Å²) in [5, 5.41) is 0. The molecule has 4 nitrogen and oxygen atoms in total. The van der Waals surface area contributed by atoms with Gasteiger partial charge in [-0.05, 0) is 30.7 Å². The van der Waals surface area contributed by atoms with Gasteiger partial charge in [0, 0.05) is 12.2 Å². The molecular formula is C10H13F3N2O2S. The zero-order valence-corrected chi connectivity index (χ0v) is 10.4. The lowest BCUT2D eigenvalue weighted by molar-refractivity contribution is -0.132. The fraction of sp³-hybridized carbons (Fsp3) is 0.400. The molecule has 8 heteroatoms. The molecule has 0 fully saturated rings. The molecule has 1 rings (SSSR count). The van der Waals surface area contributed by atoms with E-state index in [0.29, 0.717) is 5.56 Å². The van der Waals surface area contributed by atoms with Gasteiger partial charge in [0.25, 0.3) is 0 Å². The highest BCUT2D eigenvalue weighted by Gasteiger charge is 2.27. The number of alkyl halides is 3. The largest absolute Gasteiger partial charge is 0.399 e. The van der Waals surface area contributed by atoms with Crippen LogP contribution in [0, 0.1) is 6.92 Å². The summed E-state index contributed by atoms with van der Waals surface area (Å²) in [4.78, 5) is -0.137. The highest BCUT2D eigenvalue weighted by atomic mass is 32.2. The van der Waals surface area contributed by atoms with Crippen LogP contribution in [0.4, 0.5) is 18.9 Å². The van der Waals surface area contributed by atoms with Crippen LogP contribution in [0.25, 0.3) is 0 Å². The van der Waals surface area contributed by atoms with Gasteiger partial charge in [-0.2, -0.15) is 13.2 Å². The van der Waals surface area contributed by atoms with Crippen LogP contribution in [0.2, 0.25) is 0 Å². The summed E-state index contributed by atoms with van der Waals surface area (Å²) in [6.45, 7) is 0.949. The standard InChI is InChI=1S/C10H13F3N2O2S/c1-7-4-8(14)6-9(5-7)18(16,17)15-3-2-10(11,12)13/h4-6,15H,2-3,14H2,1H3. The van der Waals surface area contributed by atoms with Gasteiger partial charge >= 0.3 is 6.18 Å². The number of sulfonamides is 1. The van der Waals surface area contributed by atoms with Crippen LogP contribution in [0.15, 0.2) is 23.1 Å². The molecule has 0 aliphatic rings. The molecular weight excluding hydrogens is 269 g/mol. The molecule has 1 aromatic rings. The van der Waals surface area contributed by atoms with Gasteiger partial charge in [-0.15, -0.1) is 0 Å². The molecule has 0 amide bonds. The lowest BCUT2D eigenvalue weighted by Crippen LogP contribution is -2.28. The van der Waals surface area contributed by atoms with E-state index in [-0.39, 0.29) is 10.6 Å². The van der Waals surface area contributed by atoms with Crippen LogP contribution < -0.4 is 10.5 Å². The second-order valence-electron chi connectivity index (χ2n) is 3.84. The molecule has 0 aromatic heterocycles. The lowest BCUT2D eigenvalue weighted by atomic mass is 10.2. The first kappa shape index (κ1) is 14.8. The van der Waals surface area contributed by atoms with E-state index in [1.54, 1.807) is 13.0 Å². The van der Waals surface area contributed by atoms with Crippen LogP contribution in [0.5, 0.6) is 0 Å². The van der Waals surface area contributed by atoms with Crippen LogP contribution >= 0.6 is 0 Å². The monoisotopic (exact) mass is 282 g/mol. The van der Waals surface area contributed by atoms with Crippen LogP contribution in [0.1, 0.15) is 12.0 Å². The molecule has 0 atom stereocenters. The normalized spacial score (nSPS) is 12.7. The van der Waals surface area contributed by atoms with Crippen molar-refractivity contribution < 1.29 is 21.6 Å². The van der Waals surface area contributed by atoms with Crippen molar-refractivity contribution in [2.24, 2.45) is 0 Å². The summed E-state index contributed by atoms with van der Waals surface area (Å²) in [5.74, 6) is 0. The topological polar surface area (TPSA) is 72.2 Å². The van der Waals surface area contributed by atoms with Crippen molar-refractivity contribution >= 4 is 15.7 Å². The maximum atomic E-state index is 11.9. The van der Waals surface area contributed by atoms with E-state index in [2.05, 4.69) is 0 Å². The first-order chi connectivity index (χ1) is 8.10. The Bertz CT molecular complexity index is 506. The Hall–Kier alpha value is -1.28. The van der Waals surface area contributed by atoms with Crippen LogP contribution in [-0.4, -0.2) is 21.1 Å². The summed E-state index contributed by atoms with van der Waals surface area (Å²) >= 11 is 0. The molecule has 0 bridgehead atoms. The van der Waals surface area contributed by atoms with Gasteiger partial charge in [-0.3, -0.25) is 0 Å². The number of nitrogens with two attached hydrogens (primary N) is 1. The fourth-order valence-electron chi connectivity index (χ4n) is 1.34. The number of hydrogen-bond donors (Lipinski definition) is 2. The number of aryl methyl sites for hydroxylation is 1. The Balaban J connectivity index is 2.80. The van der Waals surface area contributed by atoms with E-state index in [4.69, 9.17) is 5.73 Å². The highest BCUT2D eigenvalue weighted by Crippen LogP contribution is 2.20. The van der Waals surface area contributed by atoms with Crippen molar-refractivity contribution in [1.82, 2.24) is 4.72 Å². The number of nitrogens with one attached hydrogen (secondary N) is 1. The third kappa shape index (κ3) is 4.53. The van der Waals surface area contributed by atoms with Gasteiger partial charge < -0.3 is 5.73 Å². The Morgan fingerprint density at radius 3 is 2.39 bits per heavy atom. The minimum atomic E-state index is -4.39. The van der Waals surface area contributed by atoms with Gasteiger partial charge in [0.15, 0.2) is 0 Å². The van der Waals surface area contributed by atoms with Crippen molar-refractivity contribution in [3.05, 3.63) is 23.8 Å². The van der Waals surface area contributed by atoms with Crippen molar-refractivity contribution in [3.8, 4) is 0 Å². The zero-order chi connectivity index (χ0) is 14.0. The number of halogens is 3. The maximum Gasteiger partial charge on any atom is 0.390 e. The molecule has 0 aliphatic carbocycles. The summed E-state index contributed by atoms with van der Waals surface area (Å²) in [5.41, 5.74) is 6.34. The van der Waals surface area contributed by atoms with E-state index in [1.807, 2.05) is 4.72 Å². The average molecular weight is 282 g/mol. The molecule has 18 heavy (non-hydrogen) atoms. The summed E-state index contributed by atoms with van der Waals surface area (Å²) in [6, 6.07) is 4.10. The molecule has 0 saturated heterocycles. The van der Waals surface area contributed by atoms with E-state index >= 15 is 0 Å². The van der Waals surface area contributed by atoms with Crippen molar-refractivity contribution in [2.45, 2.75) is 24.4 Å². The minimum Gasteiger partial charge on any atom is -0.399 e. The molecule has 0 saturated carbocycles. The van der Waals surface area contributed by atoms with Gasteiger partial charge in [0.05, 0.1) is 11.3 Å². The average Bonchev–Trinajstić information content (AvgIpc) is 2.13. The molecule has 0 spiro atoms. The van der Waals surface area contributed by atoms with E-state index in [1.165, 1.54) is 12.1 Å². The lowest BCUT2D eigenvalue weighted by Gasteiger charge is -2.10. The van der Waals surface area contributed by atoms with Crippen molar-refractivity contribution in [1.29, 1.82) is 0 Å². The number of hydrogen-bond acceptors (Lipinski definition) is 3. The molecule has 0 radical (unpaired) electrons. The SMILES string of the molecule is Cc1cc(N)cc(S(=O)(=O)NCCC(F)(F)F)c1. The summed E-state index contributed by atoms with van der Waals surface area (Å²) < 4.78 is 61.0. The van der Waals surface area contributed by atoms with Gasteiger partial charge in [0.2, 0.25) is 10.0 Å². The number of nitrogen functional groups attached to an aromatic ring is 1. The second-order valence-corrected chi connectivity index (χ2v) is 5.61. The van der Waals surface area contributed by atoms with Gasteiger partial charge in [0.1, 0.15) is 0 Å². The van der Waals surface area contributed by atoms with Crippen LogP contribution in [0.3, 0.4) is 0 Å². The molecule has 102 valence electrons. The quantitative estimate of drug-likeness (QED) is 0.827. The fourth-order valence-corrected chi connectivity index (χ4v) is 2.51. The number of benzene rings is 1. The molecule has 0 aliphatic heterocycles. The van der Waals surface area contributed by atoms with Crippen molar-refractivity contribution in [2.75, 3.05) is 12.3 Å². The molecule has 0 unspecified atom stereocenters. The number of anilines is 1. The van der Waals surface area contributed by atoms with Crippen LogP contribution in [-0.2, 0) is 10.0 Å². The van der Waals surface area contributed by atoms with E-state index < -0.39 is 29.2 Å². The molecule has 3 N–H and O–H groups in total. The van der Waals surface area contributed by atoms with Gasteiger partial charge in [-0.1, -0.05) is 0 Å². The Morgan fingerprint density at radius 2 is 1.89 bits per heavy atom. The smallest absolute Gasteiger partial charge is 0.390 e. The predicted octanol–water partition coefficient (Wildman–Crippen LogP) is 1.81. The summed E-state index contributed by atoms with van der Waals surface area (Å²) in [6.07, 6.45) is -5.61. The first-order valence-corrected chi connectivity index (χ1v) is 6.52. The van der Waals surface area contributed by atoms with Gasteiger partial charge in [-0.25, -0.2) is 13.1 Å². The van der Waals surface area contributed by atoms with E-state index in [0.717, 1.165) is 0 Å². The molecule has 0 heterocycles. The maximum absolute atomic E-state index is 11.9. The second kappa shape index (κ2) is 5.15. The number of rotatable bonds is 4. The molecule has 1 aromatic carbocycles. The van der Waals surface area contributed by atoms with E-state index in [9.17, 15) is 21.6 Å². The zero-order valence-electron chi connectivity index (χ0n) is 9.58. The Kier molecular flexibility index (Phi) is 4.23. The first-order valence-electron chi connectivity index (χ1n) is 5.04. The highest BCUT2D eigenvalue weighted by molar-refractivity contribution is 7.89. The third-order valence-electron chi connectivity index (χ3n) is 2.08. The predicted molar refractivity (Wildman–Crippen MR) is 61.5 cm³/mol. The van der Waals surface area contributed by atoms with Crippen molar-refractivity contribution in [3.63, 3.8) is 0 Å². The Morgan fingerprint density at radius 1 is 1.28 bits per heavy atom. The Labute approximate surface area is 103 Å². The summed E-state index contributed by atoms with van der Waals surface area (Å²) in [7, 11) is -3.96. The third-order valence-corrected chi connectivity index (χ3v) is 3.52.